The number of halogens is 1. The van der Waals surface area contributed by atoms with Crippen LogP contribution in [0.4, 0.5) is 14.9 Å². The Bertz CT molecular complexity index is 501. The highest BCUT2D eigenvalue weighted by atomic mass is 19.1. The maximum Gasteiger partial charge on any atom is 0.322 e. The van der Waals surface area contributed by atoms with Crippen molar-refractivity contribution < 1.29 is 19.1 Å². The van der Waals surface area contributed by atoms with Gasteiger partial charge in [-0.15, -0.1) is 0 Å². The van der Waals surface area contributed by atoms with E-state index in [9.17, 15) is 14.0 Å². The molecular formula is C13H16FN3O3. The molecule has 2 N–H and O–H groups in total. The number of carboxylic acid groups (broad SMARTS) is 1. The molecule has 20 heavy (non-hydrogen) atoms. The molecule has 0 saturated carbocycles. The molecule has 0 radical (unpaired) electrons. The van der Waals surface area contributed by atoms with Gasteiger partial charge < -0.3 is 15.3 Å². The van der Waals surface area contributed by atoms with Crippen molar-refractivity contribution in [1.29, 1.82) is 0 Å². The van der Waals surface area contributed by atoms with Crippen molar-refractivity contribution in [3.8, 4) is 0 Å². The number of amides is 2. The zero-order valence-electron chi connectivity index (χ0n) is 10.9. The lowest BCUT2D eigenvalue weighted by Crippen LogP contribution is -2.51. The van der Waals surface area contributed by atoms with E-state index in [4.69, 9.17) is 5.11 Å². The lowest BCUT2D eigenvalue weighted by molar-refractivity contribution is -0.138. The van der Waals surface area contributed by atoms with Crippen LogP contribution in [0.1, 0.15) is 0 Å². The predicted octanol–water partition coefficient (Wildman–Crippen LogP) is 1.06. The zero-order chi connectivity index (χ0) is 14.5. The van der Waals surface area contributed by atoms with Gasteiger partial charge in [0.2, 0.25) is 0 Å². The number of carbonyl (C=O) groups excluding carboxylic acids is 1. The molecule has 1 aromatic carbocycles. The molecular weight excluding hydrogens is 265 g/mol. The van der Waals surface area contributed by atoms with Crippen molar-refractivity contribution >= 4 is 17.7 Å². The summed E-state index contributed by atoms with van der Waals surface area (Å²) in [5.74, 6) is -1.36. The minimum Gasteiger partial charge on any atom is -0.480 e. The summed E-state index contributed by atoms with van der Waals surface area (Å²) in [6.07, 6.45) is 0. The third-order valence-electron chi connectivity index (χ3n) is 3.13. The van der Waals surface area contributed by atoms with Gasteiger partial charge in [0.15, 0.2) is 0 Å². The van der Waals surface area contributed by atoms with Crippen molar-refractivity contribution in [2.45, 2.75) is 0 Å². The maximum absolute atomic E-state index is 13.4. The van der Waals surface area contributed by atoms with Crippen molar-refractivity contribution in [3.63, 3.8) is 0 Å². The first kappa shape index (κ1) is 14.3. The van der Waals surface area contributed by atoms with E-state index in [1.54, 1.807) is 21.9 Å². The first-order valence-corrected chi connectivity index (χ1v) is 6.31. The number of carbonyl (C=O) groups is 2. The Morgan fingerprint density at radius 2 is 1.85 bits per heavy atom. The van der Waals surface area contributed by atoms with E-state index in [1.165, 1.54) is 12.1 Å². The summed E-state index contributed by atoms with van der Waals surface area (Å²) in [6, 6.07) is 5.60. The Morgan fingerprint density at radius 1 is 1.20 bits per heavy atom. The van der Waals surface area contributed by atoms with Crippen molar-refractivity contribution in [1.82, 2.24) is 9.80 Å². The van der Waals surface area contributed by atoms with Gasteiger partial charge in [-0.05, 0) is 12.1 Å². The number of urea groups is 1. The van der Waals surface area contributed by atoms with Gasteiger partial charge >= 0.3 is 12.0 Å². The fourth-order valence-corrected chi connectivity index (χ4v) is 2.06. The molecule has 7 heteroatoms. The smallest absolute Gasteiger partial charge is 0.322 e. The van der Waals surface area contributed by atoms with Gasteiger partial charge in [0, 0.05) is 26.2 Å². The topological polar surface area (TPSA) is 72.9 Å². The summed E-state index contributed by atoms with van der Waals surface area (Å²) in [7, 11) is 0. The molecule has 108 valence electrons. The Kier molecular flexibility index (Phi) is 4.52. The first-order valence-electron chi connectivity index (χ1n) is 6.31. The van der Waals surface area contributed by atoms with Crippen LogP contribution in [0, 0.1) is 5.82 Å². The van der Waals surface area contributed by atoms with Crippen LogP contribution in [0.5, 0.6) is 0 Å². The standard InChI is InChI=1S/C13H16FN3O3/c14-10-3-1-2-4-11(10)15-13(20)17-7-5-16(6-8-17)9-12(18)19/h1-4H,5-9H2,(H,15,20)(H,18,19). The van der Waals surface area contributed by atoms with Crippen LogP contribution >= 0.6 is 0 Å². The minimum atomic E-state index is -0.880. The highest BCUT2D eigenvalue weighted by molar-refractivity contribution is 5.89. The number of aliphatic carboxylic acids is 1. The number of piperazine rings is 1. The average Bonchev–Trinajstić information content (AvgIpc) is 2.41. The number of hydrogen-bond acceptors (Lipinski definition) is 3. The summed E-state index contributed by atoms with van der Waals surface area (Å²) in [5.41, 5.74) is 0.144. The van der Waals surface area contributed by atoms with E-state index in [0.717, 1.165) is 0 Å². The fraction of sp³-hybridized carbons (Fsp3) is 0.385. The van der Waals surface area contributed by atoms with E-state index in [0.29, 0.717) is 26.2 Å². The minimum absolute atomic E-state index is 0.0250. The summed E-state index contributed by atoms with van der Waals surface area (Å²) in [6.45, 7) is 1.82. The van der Waals surface area contributed by atoms with Crippen LogP contribution in [0.15, 0.2) is 24.3 Å². The SMILES string of the molecule is O=C(O)CN1CCN(C(=O)Nc2ccccc2F)CC1. The van der Waals surface area contributed by atoms with Crippen LogP contribution in [0.3, 0.4) is 0 Å². The summed E-state index contributed by atoms with van der Waals surface area (Å²) in [5, 5.41) is 11.2. The van der Waals surface area contributed by atoms with E-state index >= 15 is 0 Å². The van der Waals surface area contributed by atoms with Gasteiger partial charge in [0.25, 0.3) is 0 Å². The van der Waals surface area contributed by atoms with Gasteiger partial charge in [0.1, 0.15) is 5.82 Å². The number of rotatable bonds is 3. The van der Waals surface area contributed by atoms with Crippen molar-refractivity contribution in [2.24, 2.45) is 0 Å². The number of hydrogen-bond donors (Lipinski definition) is 2. The van der Waals surface area contributed by atoms with Gasteiger partial charge in [0.05, 0.1) is 12.2 Å². The zero-order valence-corrected chi connectivity index (χ0v) is 10.9. The summed E-state index contributed by atoms with van der Waals surface area (Å²) < 4.78 is 13.4. The van der Waals surface area contributed by atoms with Gasteiger partial charge in [-0.1, -0.05) is 12.1 Å². The number of nitrogens with one attached hydrogen (secondary N) is 1. The lowest BCUT2D eigenvalue weighted by atomic mass is 10.3. The molecule has 1 saturated heterocycles. The van der Waals surface area contributed by atoms with E-state index < -0.39 is 11.8 Å². The number of benzene rings is 1. The number of nitrogens with zero attached hydrogens (tertiary/aromatic N) is 2. The molecule has 1 aromatic rings. The van der Waals surface area contributed by atoms with Gasteiger partial charge in [-0.25, -0.2) is 9.18 Å². The molecule has 0 atom stereocenters. The quantitative estimate of drug-likeness (QED) is 0.869. The second-order valence-corrected chi connectivity index (χ2v) is 4.57. The molecule has 2 rings (SSSR count). The van der Waals surface area contributed by atoms with Crippen molar-refractivity contribution in [2.75, 3.05) is 38.0 Å². The fourth-order valence-electron chi connectivity index (χ4n) is 2.06. The summed E-state index contributed by atoms with van der Waals surface area (Å²) >= 11 is 0. The number of carboxylic acids is 1. The maximum atomic E-state index is 13.4. The highest BCUT2D eigenvalue weighted by Gasteiger charge is 2.22. The Balaban J connectivity index is 1.86. The van der Waals surface area contributed by atoms with Crippen LogP contribution in [0.25, 0.3) is 0 Å². The van der Waals surface area contributed by atoms with E-state index in [1.807, 2.05) is 0 Å². The molecule has 0 aromatic heterocycles. The number of anilines is 1. The van der Waals surface area contributed by atoms with Crippen LogP contribution in [-0.4, -0.2) is 59.6 Å². The molecule has 1 aliphatic rings. The second-order valence-electron chi connectivity index (χ2n) is 4.57. The van der Waals surface area contributed by atoms with Gasteiger partial charge in [-0.2, -0.15) is 0 Å². The molecule has 6 nitrogen and oxygen atoms in total. The monoisotopic (exact) mass is 281 g/mol. The summed E-state index contributed by atoms with van der Waals surface area (Å²) in [4.78, 5) is 25.9. The van der Waals surface area contributed by atoms with Crippen molar-refractivity contribution in [3.05, 3.63) is 30.1 Å². The largest absolute Gasteiger partial charge is 0.480 e. The third kappa shape index (κ3) is 3.67. The first-order chi connectivity index (χ1) is 9.56. The van der Waals surface area contributed by atoms with E-state index in [2.05, 4.69) is 5.32 Å². The highest BCUT2D eigenvalue weighted by Crippen LogP contribution is 2.13. The molecule has 0 aliphatic carbocycles. The molecule has 1 aliphatic heterocycles. The molecule has 1 heterocycles. The van der Waals surface area contributed by atoms with Crippen LogP contribution in [0.2, 0.25) is 0 Å². The second kappa shape index (κ2) is 6.33. The molecule has 0 unspecified atom stereocenters. The molecule has 0 bridgehead atoms. The normalized spacial score (nSPS) is 15.9. The van der Waals surface area contributed by atoms with Crippen LogP contribution < -0.4 is 5.32 Å². The predicted molar refractivity (Wildman–Crippen MR) is 71.1 cm³/mol. The van der Waals surface area contributed by atoms with Gasteiger partial charge in [-0.3, -0.25) is 9.69 Å². The Labute approximate surface area is 115 Å². The molecule has 0 spiro atoms. The lowest BCUT2D eigenvalue weighted by Gasteiger charge is -2.33. The molecule has 1 fully saturated rings. The molecule has 2 amide bonds. The number of para-hydroxylation sites is 1. The van der Waals surface area contributed by atoms with E-state index in [-0.39, 0.29) is 18.3 Å². The average molecular weight is 281 g/mol. The third-order valence-corrected chi connectivity index (χ3v) is 3.13. The van der Waals surface area contributed by atoms with Crippen LogP contribution in [-0.2, 0) is 4.79 Å². The Morgan fingerprint density at radius 3 is 2.45 bits per heavy atom. The Hall–Kier alpha value is -2.15.